The quantitative estimate of drug-likeness (QED) is 0.662. The van der Waals surface area contributed by atoms with Crippen LogP contribution >= 0.6 is 0 Å². The molecule has 4 aliphatic carbocycles. The maximum atomic E-state index is 9.98. The minimum atomic E-state index is 0.307. The number of hydrogen-bond donors (Lipinski definition) is 1. The molecule has 0 spiro atoms. The van der Waals surface area contributed by atoms with E-state index >= 15 is 0 Å². The molecular weight excluding hydrogens is 208 g/mol. The lowest BCUT2D eigenvalue weighted by Gasteiger charge is -2.39. The Kier molecular flexibility index (Phi) is 1.60. The molecule has 17 heavy (non-hydrogen) atoms. The van der Waals surface area contributed by atoms with Crippen LogP contribution in [0, 0.1) is 11.8 Å². The molecular formula is C16H12O. The molecule has 0 bridgehead atoms. The molecule has 0 aromatic rings. The molecule has 4 rings (SSSR count). The van der Waals surface area contributed by atoms with Crippen LogP contribution in [-0.2, 0) is 0 Å². The molecule has 4 aliphatic rings. The van der Waals surface area contributed by atoms with Gasteiger partial charge >= 0.3 is 0 Å². The van der Waals surface area contributed by atoms with Gasteiger partial charge in [0.1, 0.15) is 5.76 Å². The second-order valence-electron chi connectivity index (χ2n) is 4.82. The van der Waals surface area contributed by atoms with Crippen molar-refractivity contribution < 1.29 is 5.11 Å². The van der Waals surface area contributed by atoms with Gasteiger partial charge in [-0.1, -0.05) is 48.6 Å². The van der Waals surface area contributed by atoms with Crippen LogP contribution < -0.4 is 0 Å². The molecule has 0 fully saturated rings. The van der Waals surface area contributed by atoms with Crippen LogP contribution in [0.15, 0.2) is 82.7 Å². The van der Waals surface area contributed by atoms with E-state index in [0.717, 1.165) is 5.57 Å². The first kappa shape index (κ1) is 9.06. The van der Waals surface area contributed by atoms with Crippen molar-refractivity contribution in [2.75, 3.05) is 0 Å². The van der Waals surface area contributed by atoms with Gasteiger partial charge in [0.25, 0.3) is 0 Å². The highest BCUT2D eigenvalue weighted by Crippen LogP contribution is 2.48. The molecule has 0 amide bonds. The third-order valence-corrected chi connectivity index (χ3v) is 3.98. The highest BCUT2D eigenvalue weighted by Gasteiger charge is 2.38. The van der Waals surface area contributed by atoms with Crippen molar-refractivity contribution in [2.24, 2.45) is 11.8 Å². The largest absolute Gasteiger partial charge is 0.508 e. The first-order valence-corrected chi connectivity index (χ1v) is 5.94. The first-order valence-electron chi connectivity index (χ1n) is 5.94. The third-order valence-electron chi connectivity index (χ3n) is 3.98. The molecule has 0 aromatic carbocycles. The third kappa shape index (κ3) is 1.09. The number of hydrogen-bond acceptors (Lipinski definition) is 1. The Hall–Kier alpha value is -2.02. The normalized spacial score (nSPS) is 31.9. The van der Waals surface area contributed by atoms with Crippen molar-refractivity contribution in [2.45, 2.75) is 0 Å². The number of allylic oxidation sites excluding steroid dienone is 13. The Morgan fingerprint density at radius 2 is 1.41 bits per heavy atom. The van der Waals surface area contributed by atoms with Crippen LogP contribution in [-0.4, -0.2) is 5.11 Å². The van der Waals surface area contributed by atoms with Crippen LogP contribution in [0.2, 0.25) is 0 Å². The molecule has 1 heteroatoms. The standard InChI is InChI=1S/C16H12O/c17-14-9-7-12-5-4-10-2-1-3-11-6-8-13(14)16(12)15(10)11/h1-9,15-17H. The van der Waals surface area contributed by atoms with Crippen LogP contribution in [0.1, 0.15) is 0 Å². The Labute approximate surface area is 100 Å². The molecule has 2 atom stereocenters. The molecule has 0 radical (unpaired) electrons. The summed E-state index contributed by atoms with van der Waals surface area (Å²) in [7, 11) is 0. The number of rotatable bonds is 0. The number of aliphatic hydroxyl groups excluding tert-OH is 1. The zero-order valence-corrected chi connectivity index (χ0v) is 9.30. The fraction of sp³-hybridized carbons (Fsp3) is 0.125. The summed E-state index contributed by atoms with van der Waals surface area (Å²) in [6.45, 7) is 0. The van der Waals surface area contributed by atoms with Gasteiger partial charge in [0.05, 0.1) is 0 Å². The lowest BCUT2D eigenvalue weighted by Crippen LogP contribution is -2.29. The summed E-state index contributed by atoms with van der Waals surface area (Å²) in [6.07, 6.45) is 18.8. The molecule has 0 saturated carbocycles. The van der Waals surface area contributed by atoms with Gasteiger partial charge in [0, 0.05) is 17.4 Å². The lowest BCUT2D eigenvalue weighted by atomic mass is 9.64. The highest BCUT2D eigenvalue weighted by molar-refractivity contribution is 5.60. The Balaban J connectivity index is 2.03. The van der Waals surface area contributed by atoms with Gasteiger partial charge in [-0.3, -0.25) is 0 Å². The van der Waals surface area contributed by atoms with Crippen LogP contribution in [0.5, 0.6) is 0 Å². The van der Waals surface area contributed by atoms with E-state index in [9.17, 15) is 5.11 Å². The van der Waals surface area contributed by atoms with E-state index in [2.05, 4.69) is 42.5 Å². The molecule has 2 unspecified atom stereocenters. The topological polar surface area (TPSA) is 20.2 Å². The van der Waals surface area contributed by atoms with Gasteiger partial charge in [0.2, 0.25) is 0 Å². The van der Waals surface area contributed by atoms with Gasteiger partial charge in [-0.05, 0) is 22.8 Å². The fourth-order valence-electron chi connectivity index (χ4n) is 3.19. The van der Waals surface area contributed by atoms with Crippen LogP contribution in [0.4, 0.5) is 0 Å². The second kappa shape index (κ2) is 3.01. The molecule has 1 N–H and O–H groups in total. The minimum Gasteiger partial charge on any atom is -0.508 e. The lowest BCUT2D eigenvalue weighted by molar-refractivity contribution is 0.406. The zero-order valence-electron chi connectivity index (χ0n) is 9.30. The Morgan fingerprint density at radius 3 is 2.29 bits per heavy atom. The monoisotopic (exact) mass is 220 g/mol. The van der Waals surface area contributed by atoms with Crippen molar-refractivity contribution in [3.8, 4) is 0 Å². The van der Waals surface area contributed by atoms with Crippen molar-refractivity contribution in [1.29, 1.82) is 0 Å². The summed E-state index contributed by atoms with van der Waals surface area (Å²) in [5.74, 6) is 1.12. The van der Waals surface area contributed by atoms with E-state index in [1.807, 2.05) is 6.08 Å². The molecule has 0 aliphatic heterocycles. The molecule has 0 saturated heterocycles. The van der Waals surface area contributed by atoms with E-state index in [-0.39, 0.29) is 0 Å². The maximum Gasteiger partial charge on any atom is 0.119 e. The summed E-state index contributed by atoms with van der Waals surface area (Å²) < 4.78 is 0. The fourth-order valence-corrected chi connectivity index (χ4v) is 3.19. The van der Waals surface area contributed by atoms with Crippen molar-refractivity contribution in [3.05, 3.63) is 82.7 Å². The van der Waals surface area contributed by atoms with E-state index in [1.54, 1.807) is 6.08 Å². The van der Waals surface area contributed by atoms with Crippen molar-refractivity contribution >= 4 is 0 Å². The smallest absolute Gasteiger partial charge is 0.119 e. The van der Waals surface area contributed by atoms with Gasteiger partial charge in [0.15, 0.2) is 0 Å². The SMILES string of the molecule is OC1=C2C=CC3=CC=CC4=CC=C(C=C1)C2C34. The van der Waals surface area contributed by atoms with Gasteiger partial charge < -0.3 is 5.11 Å². The van der Waals surface area contributed by atoms with Crippen LogP contribution in [0.3, 0.4) is 0 Å². The van der Waals surface area contributed by atoms with E-state index in [4.69, 9.17) is 0 Å². The first-order chi connectivity index (χ1) is 8.34. The number of aliphatic hydroxyl groups is 1. The van der Waals surface area contributed by atoms with Crippen LogP contribution in [0.25, 0.3) is 0 Å². The molecule has 82 valence electrons. The summed E-state index contributed by atoms with van der Waals surface area (Å²) in [5, 5.41) is 9.98. The predicted octanol–water partition coefficient (Wildman–Crippen LogP) is 3.53. The molecule has 0 heterocycles. The Bertz CT molecular complexity index is 618. The average molecular weight is 220 g/mol. The van der Waals surface area contributed by atoms with E-state index in [1.165, 1.54) is 16.7 Å². The van der Waals surface area contributed by atoms with E-state index < -0.39 is 0 Å². The Morgan fingerprint density at radius 1 is 0.706 bits per heavy atom. The maximum absolute atomic E-state index is 9.98. The van der Waals surface area contributed by atoms with Crippen molar-refractivity contribution in [1.82, 2.24) is 0 Å². The summed E-state index contributed by atoms with van der Waals surface area (Å²) in [5.41, 5.74) is 5.06. The van der Waals surface area contributed by atoms with Gasteiger partial charge in [-0.15, -0.1) is 0 Å². The van der Waals surface area contributed by atoms with Crippen molar-refractivity contribution in [3.63, 3.8) is 0 Å². The zero-order chi connectivity index (χ0) is 11.4. The summed E-state index contributed by atoms with van der Waals surface area (Å²) in [6, 6.07) is 0. The predicted molar refractivity (Wildman–Crippen MR) is 68.3 cm³/mol. The van der Waals surface area contributed by atoms with E-state index in [0.29, 0.717) is 17.6 Å². The highest BCUT2D eigenvalue weighted by atomic mass is 16.3. The molecule has 0 aromatic heterocycles. The minimum absolute atomic E-state index is 0.307. The average Bonchev–Trinajstić information content (AvgIpc) is 2.38. The summed E-state index contributed by atoms with van der Waals surface area (Å²) >= 11 is 0. The summed E-state index contributed by atoms with van der Waals surface area (Å²) in [4.78, 5) is 0. The molecule has 1 nitrogen and oxygen atoms in total. The second-order valence-corrected chi connectivity index (χ2v) is 4.82. The van der Waals surface area contributed by atoms with Gasteiger partial charge in [-0.25, -0.2) is 0 Å². The van der Waals surface area contributed by atoms with Gasteiger partial charge in [-0.2, -0.15) is 0 Å².